The van der Waals surface area contributed by atoms with E-state index in [-0.39, 0.29) is 36.4 Å². The van der Waals surface area contributed by atoms with Gasteiger partial charge >= 0.3 is 0 Å². The average molecular weight is 442 g/mol. The lowest BCUT2D eigenvalue weighted by molar-refractivity contribution is -0.120. The first-order valence-electron chi connectivity index (χ1n) is 7.63. The highest BCUT2D eigenvalue weighted by Gasteiger charge is 2.04. The van der Waals surface area contributed by atoms with Crippen molar-refractivity contribution in [2.45, 2.75) is 20.0 Å². The second-order valence-corrected chi connectivity index (χ2v) is 4.89. The zero-order chi connectivity index (χ0) is 16.3. The molecular formula is C17H23IN4O2. The fourth-order valence-electron chi connectivity index (χ4n) is 1.92. The number of carbonyl (C=O) groups excluding carboxylic acids is 1. The van der Waals surface area contributed by atoms with Crippen molar-refractivity contribution >= 4 is 35.8 Å². The number of hydrogen-bond donors (Lipinski definition) is 3. The van der Waals surface area contributed by atoms with Gasteiger partial charge in [0.25, 0.3) is 0 Å². The Morgan fingerprint density at radius 3 is 2.54 bits per heavy atom. The van der Waals surface area contributed by atoms with E-state index in [2.05, 4.69) is 20.9 Å². The summed E-state index contributed by atoms with van der Waals surface area (Å²) in [4.78, 5) is 16.3. The number of nitrogens with zero attached hydrogens (tertiary/aromatic N) is 1. The summed E-state index contributed by atoms with van der Waals surface area (Å²) in [6.45, 7) is 3.81. The molecule has 0 unspecified atom stereocenters. The summed E-state index contributed by atoms with van der Waals surface area (Å²) in [6.07, 6.45) is 1.58. The number of rotatable bonds is 7. The van der Waals surface area contributed by atoms with Gasteiger partial charge in [-0.1, -0.05) is 30.3 Å². The predicted octanol–water partition coefficient (Wildman–Crippen LogP) is 2.27. The van der Waals surface area contributed by atoms with Crippen LogP contribution in [0.2, 0.25) is 0 Å². The molecule has 0 saturated heterocycles. The highest BCUT2D eigenvalue weighted by Crippen LogP contribution is 2.00. The van der Waals surface area contributed by atoms with Gasteiger partial charge in [0, 0.05) is 6.54 Å². The van der Waals surface area contributed by atoms with E-state index in [0.29, 0.717) is 19.0 Å². The molecule has 2 aromatic rings. The third-order valence-electron chi connectivity index (χ3n) is 3.06. The summed E-state index contributed by atoms with van der Waals surface area (Å²) in [6, 6.07) is 13.6. The molecule has 1 aromatic carbocycles. The lowest BCUT2D eigenvalue weighted by Gasteiger charge is -2.11. The van der Waals surface area contributed by atoms with Crippen molar-refractivity contribution in [3.63, 3.8) is 0 Å². The summed E-state index contributed by atoms with van der Waals surface area (Å²) in [5, 5.41) is 8.91. The minimum Gasteiger partial charge on any atom is -0.467 e. The molecule has 0 saturated carbocycles. The summed E-state index contributed by atoms with van der Waals surface area (Å²) >= 11 is 0. The number of carbonyl (C=O) groups is 1. The van der Waals surface area contributed by atoms with E-state index in [1.165, 1.54) is 0 Å². The molecule has 24 heavy (non-hydrogen) atoms. The van der Waals surface area contributed by atoms with Gasteiger partial charge in [-0.2, -0.15) is 0 Å². The number of nitrogens with one attached hydrogen (secondary N) is 3. The first kappa shape index (κ1) is 20.0. The van der Waals surface area contributed by atoms with Gasteiger partial charge < -0.3 is 20.4 Å². The molecule has 0 bridgehead atoms. The van der Waals surface area contributed by atoms with E-state index >= 15 is 0 Å². The van der Waals surface area contributed by atoms with Gasteiger partial charge in [0.05, 0.1) is 25.9 Å². The van der Waals surface area contributed by atoms with Crippen LogP contribution >= 0.6 is 24.0 Å². The Hall–Kier alpha value is -2.03. The Morgan fingerprint density at radius 2 is 1.88 bits per heavy atom. The molecule has 0 radical (unpaired) electrons. The maximum absolute atomic E-state index is 11.8. The molecule has 130 valence electrons. The predicted molar refractivity (Wildman–Crippen MR) is 105 cm³/mol. The van der Waals surface area contributed by atoms with Crippen LogP contribution in [0.1, 0.15) is 18.2 Å². The summed E-state index contributed by atoms with van der Waals surface area (Å²) in [5.41, 5.74) is 1.12. The number of hydrogen-bond acceptors (Lipinski definition) is 3. The normalized spacial score (nSPS) is 10.6. The SMILES string of the molecule is CCNC(=NCc1ccccc1)NCC(=O)NCc1ccco1.I. The molecule has 6 nitrogen and oxygen atoms in total. The van der Waals surface area contributed by atoms with E-state index in [9.17, 15) is 4.79 Å². The Balaban J connectivity index is 0.00000288. The fourth-order valence-corrected chi connectivity index (χ4v) is 1.92. The van der Waals surface area contributed by atoms with Crippen LogP contribution in [0.3, 0.4) is 0 Å². The standard InChI is InChI=1S/C17H22N4O2.HI/c1-2-18-17(20-11-14-7-4-3-5-8-14)21-13-16(22)19-12-15-9-6-10-23-15;/h3-10H,2,11-13H2,1H3,(H,19,22)(H2,18,20,21);1H. The zero-order valence-corrected chi connectivity index (χ0v) is 15.9. The quantitative estimate of drug-likeness (QED) is 0.349. The molecule has 0 aliphatic rings. The summed E-state index contributed by atoms with van der Waals surface area (Å²) in [5.74, 6) is 1.22. The number of halogens is 1. The summed E-state index contributed by atoms with van der Waals surface area (Å²) < 4.78 is 5.16. The van der Waals surface area contributed by atoms with Crippen LogP contribution in [0.4, 0.5) is 0 Å². The third kappa shape index (κ3) is 7.49. The molecular weight excluding hydrogens is 419 g/mol. The highest BCUT2D eigenvalue weighted by molar-refractivity contribution is 14.0. The number of aliphatic imine (C=N–C) groups is 1. The molecule has 1 heterocycles. The minimum atomic E-state index is -0.119. The highest BCUT2D eigenvalue weighted by atomic mass is 127. The van der Waals surface area contributed by atoms with Gasteiger partial charge in [-0.3, -0.25) is 4.79 Å². The van der Waals surface area contributed by atoms with Crippen molar-refractivity contribution in [3.05, 3.63) is 60.1 Å². The number of guanidine groups is 1. The van der Waals surface area contributed by atoms with Crippen LogP contribution in [0.5, 0.6) is 0 Å². The van der Waals surface area contributed by atoms with Gasteiger partial charge in [-0.15, -0.1) is 24.0 Å². The Labute approximate surface area is 159 Å². The Kier molecular flexibility index (Phi) is 9.59. The fraction of sp³-hybridized carbons (Fsp3) is 0.294. The molecule has 0 aliphatic heterocycles. The van der Waals surface area contributed by atoms with Gasteiger partial charge in [0.1, 0.15) is 5.76 Å². The molecule has 7 heteroatoms. The van der Waals surface area contributed by atoms with E-state index in [0.717, 1.165) is 17.9 Å². The first-order chi connectivity index (χ1) is 11.3. The van der Waals surface area contributed by atoms with Crippen molar-refractivity contribution in [1.82, 2.24) is 16.0 Å². The van der Waals surface area contributed by atoms with Crippen molar-refractivity contribution in [2.24, 2.45) is 4.99 Å². The maximum atomic E-state index is 11.8. The number of benzene rings is 1. The first-order valence-corrected chi connectivity index (χ1v) is 7.63. The van der Waals surface area contributed by atoms with E-state index in [4.69, 9.17) is 4.42 Å². The van der Waals surface area contributed by atoms with Crippen molar-refractivity contribution in [3.8, 4) is 0 Å². The van der Waals surface area contributed by atoms with Gasteiger partial charge in [0.2, 0.25) is 5.91 Å². The topological polar surface area (TPSA) is 78.7 Å². The molecule has 0 atom stereocenters. The Bertz CT molecular complexity index is 615. The van der Waals surface area contributed by atoms with Crippen LogP contribution in [0.25, 0.3) is 0 Å². The smallest absolute Gasteiger partial charge is 0.239 e. The monoisotopic (exact) mass is 442 g/mol. The Morgan fingerprint density at radius 1 is 1.08 bits per heavy atom. The largest absolute Gasteiger partial charge is 0.467 e. The van der Waals surface area contributed by atoms with Crippen LogP contribution in [0, 0.1) is 0 Å². The van der Waals surface area contributed by atoms with Crippen molar-refractivity contribution in [1.29, 1.82) is 0 Å². The molecule has 0 spiro atoms. The van der Waals surface area contributed by atoms with Crippen LogP contribution in [0.15, 0.2) is 58.1 Å². The molecule has 3 N–H and O–H groups in total. The van der Waals surface area contributed by atoms with Crippen LogP contribution < -0.4 is 16.0 Å². The molecule has 0 aliphatic carbocycles. The lowest BCUT2D eigenvalue weighted by Crippen LogP contribution is -2.43. The molecule has 2 rings (SSSR count). The third-order valence-corrected chi connectivity index (χ3v) is 3.06. The maximum Gasteiger partial charge on any atom is 0.239 e. The zero-order valence-electron chi connectivity index (χ0n) is 13.6. The number of furan rings is 1. The van der Waals surface area contributed by atoms with E-state index in [1.54, 1.807) is 12.3 Å². The average Bonchev–Trinajstić information content (AvgIpc) is 3.10. The van der Waals surface area contributed by atoms with Crippen molar-refractivity contribution < 1.29 is 9.21 Å². The van der Waals surface area contributed by atoms with Gasteiger partial charge in [0.15, 0.2) is 5.96 Å². The van der Waals surface area contributed by atoms with Crippen LogP contribution in [-0.4, -0.2) is 25.0 Å². The second-order valence-electron chi connectivity index (χ2n) is 4.89. The van der Waals surface area contributed by atoms with Gasteiger partial charge in [-0.25, -0.2) is 4.99 Å². The lowest BCUT2D eigenvalue weighted by atomic mass is 10.2. The molecule has 0 fully saturated rings. The summed E-state index contributed by atoms with van der Waals surface area (Å²) in [7, 11) is 0. The van der Waals surface area contributed by atoms with E-state index < -0.39 is 0 Å². The minimum absolute atomic E-state index is 0. The second kappa shape index (κ2) is 11.5. The van der Waals surface area contributed by atoms with Crippen LogP contribution in [-0.2, 0) is 17.9 Å². The van der Waals surface area contributed by atoms with E-state index in [1.807, 2.05) is 43.3 Å². The number of amides is 1. The molecule has 1 amide bonds. The van der Waals surface area contributed by atoms with Gasteiger partial charge in [-0.05, 0) is 24.6 Å². The molecule has 1 aromatic heterocycles. The van der Waals surface area contributed by atoms with Crippen molar-refractivity contribution in [2.75, 3.05) is 13.1 Å².